The number of ether oxygens (including phenoxy) is 3. The fourth-order valence-corrected chi connectivity index (χ4v) is 6.99. The second-order valence-corrected chi connectivity index (χ2v) is 13.8. The van der Waals surface area contributed by atoms with Crippen LogP contribution in [-0.4, -0.2) is 80.3 Å². The zero-order chi connectivity index (χ0) is 35.0. The number of piperazine rings is 1. The highest BCUT2D eigenvalue weighted by molar-refractivity contribution is 6.35. The first-order chi connectivity index (χ1) is 24.8. The van der Waals surface area contributed by atoms with Gasteiger partial charge in [-0.3, -0.25) is 0 Å². The Morgan fingerprint density at radius 3 is 2.22 bits per heavy atom. The van der Waals surface area contributed by atoms with E-state index >= 15 is 0 Å². The van der Waals surface area contributed by atoms with Gasteiger partial charge in [-0.25, -0.2) is 23.7 Å². The van der Waals surface area contributed by atoms with Gasteiger partial charge in [0.2, 0.25) is 5.79 Å². The Labute approximate surface area is 303 Å². The second kappa shape index (κ2) is 13.8. The summed E-state index contributed by atoms with van der Waals surface area (Å²) < 4.78 is 23.6. The molecule has 51 heavy (non-hydrogen) atoms. The first-order valence-corrected chi connectivity index (χ1v) is 17.5. The van der Waals surface area contributed by atoms with Crippen LogP contribution in [0.1, 0.15) is 18.9 Å². The first kappa shape index (κ1) is 33.4. The van der Waals surface area contributed by atoms with E-state index in [4.69, 9.17) is 37.4 Å². The fourth-order valence-electron chi connectivity index (χ4n) is 6.44. The largest absolute Gasteiger partial charge is 0.491 e. The quantitative estimate of drug-likeness (QED) is 0.171. The highest BCUT2D eigenvalue weighted by atomic mass is 35.5. The third-order valence-corrected chi connectivity index (χ3v) is 9.97. The topological polar surface area (TPSA) is 129 Å². The van der Waals surface area contributed by atoms with Crippen LogP contribution in [0.5, 0.6) is 5.75 Å². The van der Waals surface area contributed by atoms with Gasteiger partial charge in [-0.2, -0.15) is 20.4 Å². The Morgan fingerprint density at radius 2 is 1.57 bits per heavy atom. The number of anilines is 2. The maximum atomic E-state index is 12.9. The summed E-state index contributed by atoms with van der Waals surface area (Å²) >= 11 is 12.7. The van der Waals surface area contributed by atoms with Crippen LogP contribution >= 0.6 is 23.2 Å². The van der Waals surface area contributed by atoms with Gasteiger partial charge >= 0.3 is 5.69 Å². The van der Waals surface area contributed by atoms with E-state index in [1.54, 1.807) is 34.0 Å². The Hall–Kier alpha value is -4.76. The van der Waals surface area contributed by atoms with Gasteiger partial charge in [0.05, 0.1) is 23.9 Å². The molecule has 5 heterocycles. The first-order valence-electron chi connectivity index (χ1n) is 16.8. The van der Waals surface area contributed by atoms with Crippen molar-refractivity contribution in [3.05, 3.63) is 112 Å². The van der Waals surface area contributed by atoms with Crippen molar-refractivity contribution in [2.24, 2.45) is 10.2 Å². The average molecular weight is 732 g/mol. The van der Waals surface area contributed by atoms with Crippen molar-refractivity contribution in [3.8, 4) is 11.4 Å². The molecular formula is C35H36Cl2N10O4. The second-order valence-electron chi connectivity index (χ2n) is 13.0. The zero-order valence-corrected chi connectivity index (χ0v) is 29.4. The standard InChI is InChI=1S/C35H36Cl2N10O4/c1-34(41-42-34)12-13-47-33(48)46(24-40-47)28-5-3-26(4-6-28)43-14-16-44(17-15-43)27-7-9-29(10-8-27)49-19-30-20-50-35(51-30,21-45-23-38-22-39-45)31-11-2-25(36)18-32(31)37/h2-11,18,22-24,30H,12-17,19-21H2,1H3/t30-,35-/m1/s1. The molecule has 5 aromatic rings. The molecule has 0 unspecified atom stereocenters. The molecule has 0 N–H and O–H groups in total. The molecule has 14 nitrogen and oxygen atoms in total. The van der Waals surface area contributed by atoms with Crippen LogP contribution in [0.15, 0.2) is 101 Å². The van der Waals surface area contributed by atoms with E-state index in [1.807, 2.05) is 37.3 Å². The van der Waals surface area contributed by atoms with Crippen molar-refractivity contribution in [1.29, 1.82) is 0 Å². The van der Waals surface area contributed by atoms with Gasteiger partial charge in [-0.1, -0.05) is 29.3 Å². The summed E-state index contributed by atoms with van der Waals surface area (Å²) in [5.41, 5.74) is 3.17. The summed E-state index contributed by atoms with van der Waals surface area (Å²) in [7, 11) is 0. The maximum absolute atomic E-state index is 12.9. The molecule has 0 radical (unpaired) electrons. The lowest BCUT2D eigenvalue weighted by Crippen LogP contribution is -2.46. The molecule has 0 bridgehead atoms. The van der Waals surface area contributed by atoms with Gasteiger partial charge in [0.15, 0.2) is 5.66 Å². The Balaban J connectivity index is 0.834. The van der Waals surface area contributed by atoms with E-state index in [1.165, 1.54) is 11.0 Å². The smallest absolute Gasteiger partial charge is 0.350 e. The molecule has 16 heteroatoms. The van der Waals surface area contributed by atoms with E-state index in [9.17, 15) is 4.79 Å². The predicted octanol–water partition coefficient (Wildman–Crippen LogP) is 5.18. The van der Waals surface area contributed by atoms with Gasteiger partial charge in [0.1, 0.15) is 44.0 Å². The lowest BCUT2D eigenvalue weighted by Gasteiger charge is -2.37. The molecule has 0 saturated carbocycles. The summed E-state index contributed by atoms with van der Waals surface area (Å²) in [6, 6.07) is 21.4. The molecule has 2 aromatic heterocycles. The summed E-state index contributed by atoms with van der Waals surface area (Å²) in [5, 5.41) is 17.5. The Morgan fingerprint density at radius 1 is 0.882 bits per heavy atom. The molecule has 8 rings (SSSR count). The number of aryl methyl sites for hydroxylation is 1. The summed E-state index contributed by atoms with van der Waals surface area (Å²) in [6.45, 7) is 6.79. The molecule has 264 valence electrons. The van der Waals surface area contributed by atoms with Crippen LogP contribution in [0.4, 0.5) is 11.4 Å². The van der Waals surface area contributed by atoms with Gasteiger partial charge in [0.25, 0.3) is 0 Å². The molecule has 3 aromatic carbocycles. The molecule has 2 saturated heterocycles. The van der Waals surface area contributed by atoms with Crippen LogP contribution in [0.3, 0.4) is 0 Å². The molecule has 0 spiro atoms. The number of halogens is 2. The van der Waals surface area contributed by atoms with Crippen molar-refractivity contribution < 1.29 is 14.2 Å². The molecular weight excluding hydrogens is 695 g/mol. The molecule has 3 aliphatic rings. The minimum atomic E-state index is -1.16. The molecule has 2 fully saturated rings. The van der Waals surface area contributed by atoms with Crippen LogP contribution < -0.4 is 20.2 Å². The van der Waals surface area contributed by atoms with Gasteiger partial charge in [0, 0.05) is 54.6 Å². The van der Waals surface area contributed by atoms with Crippen LogP contribution in [0.25, 0.3) is 5.69 Å². The van der Waals surface area contributed by atoms with Crippen molar-refractivity contribution >= 4 is 34.6 Å². The lowest BCUT2D eigenvalue weighted by atomic mass is 10.1. The SMILES string of the molecule is CC1(CCn2ncn(-c3ccc(N4CCN(c5ccc(OC[C@@H]6CO[C@@](Cn7cncn7)(c7ccc(Cl)cc7Cl)O6)cc5)CC4)cc3)c2=O)N=N1. The highest BCUT2D eigenvalue weighted by Gasteiger charge is 2.45. The van der Waals surface area contributed by atoms with Crippen LogP contribution in [-0.2, 0) is 28.4 Å². The molecule has 2 atom stereocenters. The normalized spacial score (nSPS) is 21.0. The zero-order valence-electron chi connectivity index (χ0n) is 27.9. The summed E-state index contributed by atoms with van der Waals surface area (Å²) in [4.78, 5) is 21.6. The van der Waals surface area contributed by atoms with Crippen molar-refractivity contribution in [2.45, 2.75) is 44.0 Å². The predicted molar refractivity (Wildman–Crippen MR) is 191 cm³/mol. The van der Waals surface area contributed by atoms with E-state index in [-0.39, 0.29) is 24.0 Å². The van der Waals surface area contributed by atoms with Crippen molar-refractivity contribution in [1.82, 2.24) is 29.1 Å². The van der Waals surface area contributed by atoms with Crippen LogP contribution in [0.2, 0.25) is 10.0 Å². The average Bonchev–Trinajstić information content (AvgIpc) is 3.47. The van der Waals surface area contributed by atoms with E-state index in [0.717, 1.165) is 49.0 Å². The number of aromatic nitrogens is 6. The van der Waals surface area contributed by atoms with Crippen LogP contribution in [0, 0.1) is 0 Å². The summed E-state index contributed by atoms with van der Waals surface area (Å²) in [5.74, 6) is -0.420. The van der Waals surface area contributed by atoms with E-state index in [2.05, 4.69) is 59.5 Å². The molecule has 0 aliphatic carbocycles. The summed E-state index contributed by atoms with van der Waals surface area (Å²) in [6.07, 6.45) is 4.96. The maximum Gasteiger partial charge on any atom is 0.350 e. The Bertz CT molecular complexity index is 2060. The third-order valence-electron chi connectivity index (χ3n) is 9.42. The van der Waals surface area contributed by atoms with Crippen molar-refractivity contribution in [3.63, 3.8) is 0 Å². The van der Waals surface area contributed by atoms with Gasteiger partial charge in [-0.15, -0.1) is 0 Å². The Kier molecular flexibility index (Phi) is 9.00. The fraction of sp³-hybridized carbons (Fsp3) is 0.371. The molecule has 3 aliphatic heterocycles. The number of hydrogen-bond donors (Lipinski definition) is 0. The number of rotatable bonds is 12. The highest BCUT2D eigenvalue weighted by Crippen LogP contribution is 2.40. The number of benzene rings is 3. The van der Waals surface area contributed by atoms with E-state index < -0.39 is 5.79 Å². The minimum absolute atomic E-state index is 0.168. The minimum Gasteiger partial charge on any atom is -0.491 e. The van der Waals surface area contributed by atoms with Gasteiger partial charge in [-0.05, 0) is 67.6 Å². The van der Waals surface area contributed by atoms with Gasteiger partial charge < -0.3 is 24.0 Å². The number of hydrogen-bond acceptors (Lipinski definition) is 11. The number of nitrogens with zero attached hydrogens (tertiary/aromatic N) is 10. The van der Waals surface area contributed by atoms with E-state index in [0.29, 0.717) is 41.8 Å². The van der Waals surface area contributed by atoms with Crippen molar-refractivity contribution in [2.75, 3.05) is 49.2 Å². The monoisotopic (exact) mass is 730 g/mol. The third kappa shape index (κ3) is 7.22. The molecule has 0 amide bonds. The lowest BCUT2D eigenvalue weighted by molar-refractivity contribution is -0.190.